The van der Waals surface area contributed by atoms with E-state index in [1.165, 1.54) is 0 Å². The summed E-state index contributed by atoms with van der Waals surface area (Å²) in [6, 6.07) is 12.3. The summed E-state index contributed by atoms with van der Waals surface area (Å²) >= 11 is 5.69. The molecule has 0 aromatic heterocycles. The molecule has 2 aromatic rings. The molecule has 0 saturated heterocycles. The average Bonchev–Trinajstić information content (AvgIpc) is 2.53. The molecule has 0 heterocycles. The van der Waals surface area contributed by atoms with Gasteiger partial charge in [-0.2, -0.15) is 0 Å². The van der Waals surface area contributed by atoms with Crippen LogP contribution in [0.25, 0.3) is 10.8 Å². The molecule has 0 unspecified atom stereocenters. The van der Waals surface area contributed by atoms with Crippen molar-refractivity contribution in [1.82, 2.24) is 0 Å². The van der Waals surface area contributed by atoms with Crippen molar-refractivity contribution in [3.63, 3.8) is 0 Å². The standard InChI is InChI=1S/C19H25ClO2/c1-15(2)14-22-19-11-10-18(21-13-7-3-6-12-20)16-8-4-5-9-17(16)19/h4-5,8-11,15H,3,6-7,12-14H2,1-2H3. The highest BCUT2D eigenvalue weighted by molar-refractivity contribution is 6.17. The topological polar surface area (TPSA) is 18.5 Å². The number of alkyl halides is 1. The highest BCUT2D eigenvalue weighted by Gasteiger charge is 2.08. The van der Waals surface area contributed by atoms with E-state index in [1.807, 2.05) is 24.3 Å². The lowest BCUT2D eigenvalue weighted by molar-refractivity contribution is 0.273. The minimum atomic E-state index is 0.511. The van der Waals surface area contributed by atoms with Crippen LogP contribution in [0.15, 0.2) is 36.4 Å². The Morgan fingerprint density at radius 2 is 1.50 bits per heavy atom. The molecule has 2 aromatic carbocycles. The Morgan fingerprint density at radius 3 is 2.09 bits per heavy atom. The molecule has 0 N–H and O–H groups in total. The second kappa shape index (κ2) is 8.89. The Balaban J connectivity index is 2.10. The van der Waals surface area contributed by atoms with E-state index >= 15 is 0 Å². The van der Waals surface area contributed by atoms with Gasteiger partial charge in [0.05, 0.1) is 13.2 Å². The number of unbranched alkanes of at least 4 members (excludes halogenated alkanes) is 2. The van der Waals surface area contributed by atoms with Crippen molar-refractivity contribution >= 4 is 22.4 Å². The van der Waals surface area contributed by atoms with Crippen molar-refractivity contribution in [2.24, 2.45) is 5.92 Å². The van der Waals surface area contributed by atoms with Crippen LogP contribution in [0.4, 0.5) is 0 Å². The first-order chi connectivity index (χ1) is 10.7. The highest BCUT2D eigenvalue weighted by Crippen LogP contribution is 2.33. The molecule has 2 nitrogen and oxygen atoms in total. The third-order valence-corrected chi connectivity index (χ3v) is 3.72. The van der Waals surface area contributed by atoms with Gasteiger partial charge in [-0.3, -0.25) is 0 Å². The fraction of sp³-hybridized carbons (Fsp3) is 0.474. The maximum absolute atomic E-state index is 5.95. The molecule has 0 radical (unpaired) electrons. The number of ether oxygens (including phenoxy) is 2. The van der Waals surface area contributed by atoms with Crippen molar-refractivity contribution in [2.75, 3.05) is 19.1 Å². The minimum absolute atomic E-state index is 0.511. The van der Waals surface area contributed by atoms with Crippen LogP contribution in [-0.2, 0) is 0 Å². The zero-order valence-electron chi connectivity index (χ0n) is 13.5. The summed E-state index contributed by atoms with van der Waals surface area (Å²) in [6.07, 6.45) is 3.19. The molecule has 0 aliphatic rings. The van der Waals surface area contributed by atoms with Crippen LogP contribution in [-0.4, -0.2) is 19.1 Å². The lowest BCUT2D eigenvalue weighted by Crippen LogP contribution is -2.05. The summed E-state index contributed by atoms with van der Waals surface area (Å²) in [5.41, 5.74) is 0. The first-order valence-electron chi connectivity index (χ1n) is 8.05. The molecule has 0 saturated carbocycles. The van der Waals surface area contributed by atoms with E-state index < -0.39 is 0 Å². The number of rotatable bonds is 9. The van der Waals surface area contributed by atoms with Crippen LogP contribution in [0.1, 0.15) is 33.1 Å². The van der Waals surface area contributed by atoms with Crippen molar-refractivity contribution < 1.29 is 9.47 Å². The number of benzene rings is 2. The molecule has 3 heteroatoms. The Labute approximate surface area is 138 Å². The van der Waals surface area contributed by atoms with E-state index in [-0.39, 0.29) is 0 Å². The molecule has 0 spiro atoms. The fourth-order valence-electron chi connectivity index (χ4n) is 2.31. The van der Waals surface area contributed by atoms with Gasteiger partial charge in [-0.05, 0) is 37.3 Å². The largest absolute Gasteiger partial charge is 0.493 e. The van der Waals surface area contributed by atoms with Crippen LogP contribution >= 0.6 is 11.6 Å². The van der Waals surface area contributed by atoms with Crippen molar-refractivity contribution in [1.29, 1.82) is 0 Å². The SMILES string of the molecule is CC(C)COc1ccc(OCCCCCCl)c2ccccc12. The zero-order chi connectivity index (χ0) is 15.8. The summed E-state index contributed by atoms with van der Waals surface area (Å²) in [5, 5.41) is 2.22. The number of hydrogen-bond acceptors (Lipinski definition) is 2. The number of fused-ring (bicyclic) bond motifs is 1. The van der Waals surface area contributed by atoms with Gasteiger partial charge < -0.3 is 9.47 Å². The van der Waals surface area contributed by atoms with E-state index in [1.54, 1.807) is 0 Å². The monoisotopic (exact) mass is 320 g/mol. The van der Waals surface area contributed by atoms with Crippen molar-refractivity contribution in [2.45, 2.75) is 33.1 Å². The fourth-order valence-corrected chi connectivity index (χ4v) is 2.50. The first-order valence-corrected chi connectivity index (χ1v) is 8.59. The molecule has 0 fully saturated rings. The first kappa shape index (κ1) is 17.0. The lowest BCUT2D eigenvalue weighted by Gasteiger charge is -2.14. The van der Waals surface area contributed by atoms with Gasteiger partial charge in [-0.15, -0.1) is 11.6 Å². The second-order valence-corrected chi connectivity index (χ2v) is 6.29. The third-order valence-electron chi connectivity index (χ3n) is 3.45. The average molecular weight is 321 g/mol. The second-order valence-electron chi connectivity index (χ2n) is 5.91. The lowest BCUT2D eigenvalue weighted by atomic mass is 10.1. The molecule has 0 amide bonds. The highest BCUT2D eigenvalue weighted by atomic mass is 35.5. The van der Waals surface area contributed by atoms with Crippen LogP contribution in [0.3, 0.4) is 0 Å². The van der Waals surface area contributed by atoms with Crippen LogP contribution in [0.5, 0.6) is 11.5 Å². The zero-order valence-corrected chi connectivity index (χ0v) is 14.2. The Kier molecular flexibility index (Phi) is 6.85. The predicted molar refractivity (Wildman–Crippen MR) is 94.3 cm³/mol. The Bertz CT molecular complexity index is 581. The van der Waals surface area contributed by atoms with Crippen molar-refractivity contribution in [3.8, 4) is 11.5 Å². The molecular formula is C19H25ClO2. The van der Waals surface area contributed by atoms with Gasteiger partial charge in [0, 0.05) is 16.7 Å². The Hall–Kier alpha value is -1.41. The maximum Gasteiger partial charge on any atom is 0.127 e. The molecule has 0 bridgehead atoms. The van der Waals surface area contributed by atoms with Gasteiger partial charge in [0.25, 0.3) is 0 Å². The molecule has 120 valence electrons. The van der Waals surface area contributed by atoms with E-state index in [0.29, 0.717) is 5.92 Å². The summed E-state index contributed by atoms with van der Waals surface area (Å²) < 4.78 is 11.9. The van der Waals surface area contributed by atoms with E-state index in [4.69, 9.17) is 21.1 Å². The maximum atomic E-state index is 5.95. The van der Waals surface area contributed by atoms with Crippen LogP contribution in [0, 0.1) is 5.92 Å². The molecule has 0 atom stereocenters. The molecule has 0 aliphatic heterocycles. The predicted octanol–water partition coefficient (Wildman–Crippen LogP) is 5.66. The van der Waals surface area contributed by atoms with E-state index in [2.05, 4.69) is 26.0 Å². The van der Waals surface area contributed by atoms with Crippen LogP contribution in [0.2, 0.25) is 0 Å². The number of halogens is 1. The molecule has 0 aliphatic carbocycles. The quantitative estimate of drug-likeness (QED) is 0.438. The Morgan fingerprint density at radius 1 is 0.864 bits per heavy atom. The summed E-state index contributed by atoms with van der Waals surface area (Å²) in [6.45, 7) is 5.76. The van der Waals surface area contributed by atoms with Gasteiger partial charge in [0.1, 0.15) is 11.5 Å². The van der Waals surface area contributed by atoms with Gasteiger partial charge in [0.2, 0.25) is 0 Å². The molecule has 2 rings (SSSR count). The number of hydrogen-bond donors (Lipinski definition) is 0. The summed E-state index contributed by atoms with van der Waals surface area (Å²) in [7, 11) is 0. The van der Waals surface area contributed by atoms with Gasteiger partial charge in [-0.1, -0.05) is 38.1 Å². The summed E-state index contributed by atoms with van der Waals surface area (Å²) in [5.74, 6) is 3.10. The molecular weight excluding hydrogens is 296 g/mol. The normalized spacial score (nSPS) is 11.1. The van der Waals surface area contributed by atoms with E-state index in [0.717, 1.165) is 60.6 Å². The van der Waals surface area contributed by atoms with Gasteiger partial charge >= 0.3 is 0 Å². The van der Waals surface area contributed by atoms with Gasteiger partial charge in [-0.25, -0.2) is 0 Å². The third kappa shape index (κ3) is 4.81. The summed E-state index contributed by atoms with van der Waals surface area (Å²) in [4.78, 5) is 0. The molecule has 22 heavy (non-hydrogen) atoms. The minimum Gasteiger partial charge on any atom is -0.493 e. The smallest absolute Gasteiger partial charge is 0.127 e. The van der Waals surface area contributed by atoms with Crippen LogP contribution < -0.4 is 9.47 Å². The van der Waals surface area contributed by atoms with E-state index in [9.17, 15) is 0 Å². The van der Waals surface area contributed by atoms with Gasteiger partial charge in [0.15, 0.2) is 0 Å². The van der Waals surface area contributed by atoms with Crippen molar-refractivity contribution in [3.05, 3.63) is 36.4 Å².